The number of aryl methyl sites for hydroxylation is 2. The van der Waals surface area contributed by atoms with Crippen molar-refractivity contribution in [2.24, 2.45) is 0 Å². The molecule has 0 spiro atoms. The van der Waals surface area contributed by atoms with E-state index >= 15 is 0 Å². The Morgan fingerprint density at radius 1 is 1.33 bits per heavy atom. The molecular formula is C16H17NO3S. The molecule has 110 valence electrons. The third kappa shape index (κ3) is 4.27. The van der Waals surface area contributed by atoms with Gasteiger partial charge in [0.15, 0.2) is 0 Å². The van der Waals surface area contributed by atoms with E-state index in [1.165, 1.54) is 34.2 Å². The molecule has 0 radical (unpaired) electrons. The van der Waals surface area contributed by atoms with Gasteiger partial charge in [-0.05, 0) is 42.5 Å². The summed E-state index contributed by atoms with van der Waals surface area (Å²) >= 11 is 1.42. The summed E-state index contributed by atoms with van der Waals surface area (Å²) in [5.74, 6) is 1.22. The number of rotatable bonds is 6. The Labute approximate surface area is 128 Å². The van der Waals surface area contributed by atoms with E-state index in [1.807, 2.05) is 6.07 Å². The zero-order valence-electron chi connectivity index (χ0n) is 11.7. The molecule has 2 rings (SSSR count). The molecule has 0 bridgehead atoms. The number of carboxylic acid groups (broad SMARTS) is 1. The summed E-state index contributed by atoms with van der Waals surface area (Å²) in [6, 6.07) is 6.26. The number of benzene rings is 1. The van der Waals surface area contributed by atoms with Gasteiger partial charge < -0.3 is 10.0 Å². The minimum Gasteiger partial charge on any atom is -0.480 e. The van der Waals surface area contributed by atoms with Crippen molar-refractivity contribution < 1.29 is 14.7 Å². The smallest absolute Gasteiger partial charge is 0.323 e. The molecule has 0 unspecified atom stereocenters. The number of fused-ring (bicyclic) bond motifs is 1. The second kappa shape index (κ2) is 7.19. The number of carbonyl (C=O) groups excluding carboxylic acids is 1. The standard InChI is InChI=1S/C16H17NO3S/c1-2-8-17(10-16(19)20)15(18)11-21-14-7-6-12-4-3-5-13(12)9-14/h1,6-7,9H,3-5,8,10-11H2,(H,19,20). The van der Waals surface area contributed by atoms with Crippen molar-refractivity contribution in [2.75, 3.05) is 18.8 Å². The van der Waals surface area contributed by atoms with Gasteiger partial charge >= 0.3 is 5.97 Å². The van der Waals surface area contributed by atoms with Gasteiger partial charge in [0.25, 0.3) is 0 Å². The minimum absolute atomic E-state index is 0.0237. The van der Waals surface area contributed by atoms with Crippen molar-refractivity contribution in [2.45, 2.75) is 24.2 Å². The Hall–Kier alpha value is -1.93. The van der Waals surface area contributed by atoms with Gasteiger partial charge in [0.2, 0.25) is 5.91 Å². The Morgan fingerprint density at radius 3 is 2.81 bits per heavy atom. The van der Waals surface area contributed by atoms with E-state index in [1.54, 1.807) is 0 Å². The summed E-state index contributed by atoms with van der Waals surface area (Å²) in [6.07, 6.45) is 8.59. The topological polar surface area (TPSA) is 57.6 Å². The predicted octanol–water partition coefficient (Wildman–Crippen LogP) is 1.81. The lowest BCUT2D eigenvalue weighted by atomic mass is 10.1. The molecule has 0 atom stereocenters. The summed E-state index contributed by atoms with van der Waals surface area (Å²) < 4.78 is 0. The Balaban J connectivity index is 1.93. The molecular weight excluding hydrogens is 286 g/mol. The van der Waals surface area contributed by atoms with Crippen molar-refractivity contribution in [1.82, 2.24) is 4.90 Å². The highest BCUT2D eigenvalue weighted by Crippen LogP contribution is 2.27. The van der Waals surface area contributed by atoms with Gasteiger partial charge in [-0.3, -0.25) is 9.59 Å². The van der Waals surface area contributed by atoms with Crippen LogP contribution in [0.3, 0.4) is 0 Å². The molecule has 0 aromatic heterocycles. The Morgan fingerprint density at radius 2 is 2.10 bits per heavy atom. The first-order valence-corrected chi connectivity index (χ1v) is 7.76. The molecule has 1 N–H and O–H groups in total. The SMILES string of the molecule is C#CCN(CC(=O)O)C(=O)CSc1ccc2c(c1)CCC2. The van der Waals surface area contributed by atoms with Crippen molar-refractivity contribution in [3.63, 3.8) is 0 Å². The van der Waals surface area contributed by atoms with E-state index in [0.717, 1.165) is 17.7 Å². The Kier molecular flexibility index (Phi) is 5.29. The molecule has 4 nitrogen and oxygen atoms in total. The first kappa shape index (κ1) is 15.5. The lowest BCUT2D eigenvalue weighted by molar-refractivity contribution is -0.143. The minimum atomic E-state index is -1.05. The van der Waals surface area contributed by atoms with Crippen LogP contribution < -0.4 is 0 Å². The highest BCUT2D eigenvalue weighted by molar-refractivity contribution is 8.00. The van der Waals surface area contributed by atoms with Crippen molar-refractivity contribution in [1.29, 1.82) is 0 Å². The number of carboxylic acids is 1. The highest BCUT2D eigenvalue weighted by Gasteiger charge is 2.16. The van der Waals surface area contributed by atoms with E-state index in [2.05, 4.69) is 18.1 Å². The third-order valence-corrected chi connectivity index (χ3v) is 4.37. The molecule has 0 heterocycles. The fourth-order valence-corrected chi connectivity index (χ4v) is 3.24. The van der Waals surface area contributed by atoms with Crippen LogP contribution in [0, 0.1) is 12.3 Å². The van der Waals surface area contributed by atoms with Gasteiger partial charge in [-0.2, -0.15) is 0 Å². The number of terminal acetylenes is 1. The Bertz CT molecular complexity index is 592. The lowest BCUT2D eigenvalue weighted by Gasteiger charge is -2.17. The monoisotopic (exact) mass is 303 g/mol. The maximum atomic E-state index is 12.0. The quantitative estimate of drug-likeness (QED) is 0.643. The number of amides is 1. The first-order valence-electron chi connectivity index (χ1n) is 6.78. The second-order valence-electron chi connectivity index (χ2n) is 4.92. The fraction of sp³-hybridized carbons (Fsp3) is 0.375. The second-order valence-corrected chi connectivity index (χ2v) is 5.97. The summed E-state index contributed by atoms with van der Waals surface area (Å²) in [5, 5.41) is 8.78. The van der Waals surface area contributed by atoms with Gasteiger partial charge in [-0.25, -0.2) is 0 Å². The summed E-state index contributed by atoms with van der Waals surface area (Å²) in [5.41, 5.74) is 2.75. The molecule has 1 aliphatic carbocycles. The molecule has 1 amide bonds. The molecule has 21 heavy (non-hydrogen) atoms. The van der Waals surface area contributed by atoms with E-state index in [4.69, 9.17) is 11.5 Å². The number of aliphatic carboxylic acids is 1. The lowest BCUT2D eigenvalue weighted by Crippen LogP contribution is -2.37. The number of thioether (sulfide) groups is 1. The number of hydrogen-bond acceptors (Lipinski definition) is 3. The van der Waals surface area contributed by atoms with E-state index < -0.39 is 5.97 Å². The van der Waals surface area contributed by atoms with Gasteiger partial charge in [-0.1, -0.05) is 12.0 Å². The van der Waals surface area contributed by atoms with Crippen LogP contribution in [0.15, 0.2) is 23.1 Å². The van der Waals surface area contributed by atoms with Crippen LogP contribution in [0.1, 0.15) is 17.5 Å². The van der Waals surface area contributed by atoms with E-state index in [-0.39, 0.29) is 24.7 Å². The van der Waals surface area contributed by atoms with E-state index in [0.29, 0.717) is 0 Å². The summed E-state index contributed by atoms with van der Waals surface area (Å²) in [4.78, 5) is 25.0. The van der Waals surface area contributed by atoms with E-state index in [9.17, 15) is 9.59 Å². The largest absolute Gasteiger partial charge is 0.480 e. The molecule has 0 aliphatic heterocycles. The zero-order chi connectivity index (χ0) is 15.2. The molecule has 0 saturated heterocycles. The van der Waals surface area contributed by atoms with Gasteiger partial charge in [0.05, 0.1) is 12.3 Å². The number of nitrogens with zero attached hydrogens (tertiary/aromatic N) is 1. The van der Waals surface area contributed by atoms with Crippen LogP contribution in [0.4, 0.5) is 0 Å². The van der Waals surface area contributed by atoms with Gasteiger partial charge in [0, 0.05) is 4.90 Å². The number of carbonyl (C=O) groups is 2. The molecule has 0 saturated carbocycles. The van der Waals surface area contributed by atoms with Crippen LogP contribution in [-0.2, 0) is 22.4 Å². The van der Waals surface area contributed by atoms with Crippen LogP contribution in [0.2, 0.25) is 0 Å². The van der Waals surface area contributed by atoms with Gasteiger partial charge in [-0.15, -0.1) is 18.2 Å². The van der Waals surface area contributed by atoms with Crippen molar-refractivity contribution in [3.05, 3.63) is 29.3 Å². The summed E-state index contributed by atoms with van der Waals surface area (Å²) in [7, 11) is 0. The highest BCUT2D eigenvalue weighted by atomic mass is 32.2. The first-order chi connectivity index (χ1) is 10.1. The van der Waals surface area contributed by atoms with Crippen LogP contribution in [-0.4, -0.2) is 40.7 Å². The van der Waals surface area contributed by atoms with Crippen molar-refractivity contribution >= 4 is 23.6 Å². The number of hydrogen-bond donors (Lipinski definition) is 1. The molecule has 1 aromatic rings. The maximum absolute atomic E-state index is 12.0. The van der Waals surface area contributed by atoms with Crippen LogP contribution in [0.5, 0.6) is 0 Å². The molecule has 5 heteroatoms. The van der Waals surface area contributed by atoms with Crippen LogP contribution >= 0.6 is 11.8 Å². The normalized spacial score (nSPS) is 12.5. The third-order valence-electron chi connectivity index (χ3n) is 3.39. The van der Waals surface area contributed by atoms with Crippen molar-refractivity contribution in [3.8, 4) is 12.3 Å². The molecule has 1 aromatic carbocycles. The molecule has 0 fully saturated rings. The zero-order valence-corrected chi connectivity index (χ0v) is 12.5. The van der Waals surface area contributed by atoms with Crippen LogP contribution in [0.25, 0.3) is 0 Å². The average Bonchev–Trinajstić information content (AvgIpc) is 2.91. The van der Waals surface area contributed by atoms with Gasteiger partial charge in [0.1, 0.15) is 6.54 Å². The maximum Gasteiger partial charge on any atom is 0.323 e. The average molecular weight is 303 g/mol. The predicted molar refractivity (Wildman–Crippen MR) is 82.2 cm³/mol. The molecule has 1 aliphatic rings. The summed E-state index contributed by atoms with van der Waals surface area (Å²) in [6.45, 7) is -0.330. The fourth-order valence-electron chi connectivity index (χ4n) is 2.38.